The zero-order valence-corrected chi connectivity index (χ0v) is 23.4. The maximum absolute atomic E-state index is 11.0. The fraction of sp³-hybridized carbons (Fsp3) is 0.464. The van der Waals surface area contributed by atoms with Gasteiger partial charge < -0.3 is 74.4 Å². The molecule has 0 saturated carbocycles. The smallest absolute Gasteiger partial charge is 0.402 e. The van der Waals surface area contributed by atoms with Crippen LogP contribution in [0.1, 0.15) is 0 Å². The number of hydrogen-bond acceptors (Lipinski definition) is 15. The first kappa shape index (κ1) is 31.7. The van der Waals surface area contributed by atoms with E-state index in [0.29, 0.717) is 0 Å². The number of fused-ring (bicyclic) bond motifs is 1. The quantitative estimate of drug-likeness (QED) is 0.138. The summed E-state index contributed by atoms with van der Waals surface area (Å²) in [7, 11) is 2.61. The van der Waals surface area contributed by atoms with Crippen LogP contribution in [-0.2, 0) is 14.2 Å². The Balaban J connectivity index is 1.61. The molecule has 5 rings (SSSR count). The van der Waals surface area contributed by atoms with Gasteiger partial charge in [-0.15, -0.1) is 0 Å². The summed E-state index contributed by atoms with van der Waals surface area (Å²) in [6.07, 6.45) is -14.6. The molecule has 0 bridgehead atoms. The van der Waals surface area contributed by atoms with Gasteiger partial charge in [-0.25, -0.2) is 4.42 Å². The van der Waals surface area contributed by atoms with Crippen LogP contribution in [-0.4, -0.2) is 129 Å². The predicted octanol–water partition coefficient (Wildman–Crippen LogP) is -0.843. The monoisotopic (exact) mass is 625 g/mol. The van der Waals surface area contributed by atoms with Crippen LogP contribution in [0.3, 0.4) is 0 Å². The maximum atomic E-state index is 11.0. The number of phenols is 3. The van der Waals surface area contributed by atoms with Crippen molar-refractivity contribution in [1.29, 1.82) is 0 Å². The van der Waals surface area contributed by atoms with Gasteiger partial charge in [0.1, 0.15) is 53.5 Å². The minimum absolute atomic E-state index is 0.00295. The summed E-state index contributed by atoms with van der Waals surface area (Å²) >= 11 is 0. The Morgan fingerprint density at radius 3 is 2.14 bits per heavy atom. The van der Waals surface area contributed by atoms with Gasteiger partial charge in [0.25, 0.3) is 0 Å². The molecule has 16 nitrogen and oxygen atoms in total. The highest BCUT2D eigenvalue weighted by Gasteiger charge is 2.50. The summed E-state index contributed by atoms with van der Waals surface area (Å²) in [6, 6.07) is 6.35. The molecular weight excluding hydrogens is 592 g/mol. The number of methoxy groups -OCH3 is 2. The summed E-state index contributed by atoms with van der Waals surface area (Å²) in [4.78, 5) is 0. The van der Waals surface area contributed by atoms with E-state index in [0.717, 1.165) is 6.07 Å². The van der Waals surface area contributed by atoms with Gasteiger partial charge in [-0.05, 0) is 0 Å². The summed E-state index contributed by atoms with van der Waals surface area (Å²) in [5, 5.41) is 92.8. The third-order valence-corrected chi connectivity index (χ3v) is 7.37. The van der Waals surface area contributed by atoms with Crippen LogP contribution in [0.15, 0.2) is 34.7 Å². The third-order valence-electron chi connectivity index (χ3n) is 7.37. The minimum Gasteiger partial charge on any atom is -0.507 e. The fourth-order valence-electron chi connectivity index (χ4n) is 4.97. The van der Waals surface area contributed by atoms with E-state index in [4.69, 9.17) is 32.8 Å². The standard InChI is InChI=1S/C28H32O16/c1-38-16-3-10(4-17(39-2)21(16)34)25-18(7-12-13(31)5-11(30)6-15(12)41-25)42-28-26(23(36)22(35)19(8-29)43-28)44-27-24(37)20(33)14(32)9-40-27/h3-7,14,19-20,22-24,26-29,32-33,35-37H,8-9H2,1-2H3,(H2-,30,31,34)/p+1/t14-,19+,20-,22+,23-,24-,26+,27-,28+/m0/s1. The number of aromatic hydroxyl groups is 3. The molecule has 2 aliphatic rings. The second-order valence-corrected chi connectivity index (χ2v) is 10.2. The molecule has 2 aliphatic heterocycles. The lowest BCUT2D eigenvalue weighted by molar-refractivity contribution is -0.344. The summed E-state index contributed by atoms with van der Waals surface area (Å²) < 4.78 is 39.4. The molecule has 9 atom stereocenters. The van der Waals surface area contributed by atoms with Crippen molar-refractivity contribution in [3.05, 3.63) is 30.3 Å². The van der Waals surface area contributed by atoms with Crippen LogP contribution in [0.4, 0.5) is 0 Å². The topological polar surface area (TPSA) is 249 Å². The van der Waals surface area contributed by atoms with Gasteiger partial charge in [0.2, 0.25) is 17.8 Å². The van der Waals surface area contributed by atoms with Crippen molar-refractivity contribution in [2.24, 2.45) is 0 Å². The van der Waals surface area contributed by atoms with Crippen molar-refractivity contribution >= 4 is 11.0 Å². The number of rotatable bonds is 8. The Morgan fingerprint density at radius 2 is 1.50 bits per heavy atom. The Bertz CT molecular complexity index is 1460. The predicted molar refractivity (Wildman–Crippen MR) is 145 cm³/mol. The van der Waals surface area contributed by atoms with Gasteiger partial charge in [-0.2, -0.15) is 0 Å². The lowest BCUT2D eigenvalue weighted by Crippen LogP contribution is -2.63. The van der Waals surface area contributed by atoms with Crippen LogP contribution in [0.5, 0.6) is 34.5 Å². The van der Waals surface area contributed by atoms with E-state index in [9.17, 15) is 46.0 Å². The molecule has 0 radical (unpaired) electrons. The first-order valence-electron chi connectivity index (χ1n) is 13.4. The molecule has 3 heterocycles. The van der Waals surface area contributed by atoms with Gasteiger partial charge in [-0.1, -0.05) is 0 Å². The first-order chi connectivity index (χ1) is 21.0. The molecule has 0 unspecified atom stereocenters. The van der Waals surface area contributed by atoms with E-state index in [1.165, 1.54) is 38.5 Å². The molecular formula is C28H33O16+. The lowest BCUT2D eigenvalue weighted by Gasteiger charge is -2.44. The molecule has 0 amide bonds. The van der Waals surface area contributed by atoms with Gasteiger partial charge >= 0.3 is 11.3 Å². The van der Waals surface area contributed by atoms with Gasteiger partial charge in [0.05, 0.1) is 39.1 Å². The van der Waals surface area contributed by atoms with Crippen LogP contribution in [0.25, 0.3) is 22.3 Å². The molecule has 2 fully saturated rings. The Hall–Kier alpha value is -3.71. The highest BCUT2D eigenvalue weighted by Crippen LogP contribution is 2.45. The first-order valence-corrected chi connectivity index (χ1v) is 13.4. The molecule has 240 valence electrons. The SMILES string of the molecule is COc1cc(-c2[o+]c3cc(O)cc(O)c3cc2O[C@@H]2O[C@H](CO)[C@@H](O)[C@H](O)[C@H]2O[C@@H]2OC[C@H](O)[C@H](O)[C@@H]2O)cc(OC)c1O. The maximum Gasteiger partial charge on any atom is 0.402 e. The number of aliphatic hydroxyl groups excluding tert-OH is 6. The molecule has 3 aromatic rings. The Morgan fingerprint density at radius 1 is 0.818 bits per heavy atom. The van der Waals surface area contributed by atoms with Crippen LogP contribution < -0.4 is 14.2 Å². The van der Waals surface area contributed by atoms with E-state index in [1.54, 1.807) is 0 Å². The second kappa shape index (κ2) is 12.7. The highest BCUT2D eigenvalue weighted by atomic mass is 16.8. The third kappa shape index (κ3) is 5.86. The lowest BCUT2D eigenvalue weighted by atomic mass is 9.98. The van der Waals surface area contributed by atoms with E-state index in [2.05, 4.69) is 0 Å². The largest absolute Gasteiger partial charge is 0.507 e. The Labute approximate surface area is 249 Å². The molecule has 1 aromatic heterocycles. The van der Waals surface area contributed by atoms with Crippen molar-refractivity contribution in [3.63, 3.8) is 0 Å². The molecule has 16 heteroatoms. The van der Waals surface area contributed by atoms with Crippen LogP contribution in [0.2, 0.25) is 0 Å². The van der Waals surface area contributed by atoms with Crippen molar-refractivity contribution in [2.75, 3.05) is 27.4 Å². The summed E-state index contributed by atoms with van der Waals surface area (Å²) in [5.74, 6) is -1.32. The number of hydrogen-bond donors (Lipinski definition) is 9. The summed E-state index contributed by atoms with van der Waals surface area (Å²) in [5.41, 5.74) is 0.204. The van der Waals surface area contributed by atoms with Gasteiger partial charge in [0.15, 0.2) is 23.9 Å². The average molecular weight is 626 g/mol. The molecule has 0 spiro atoms. The average Bonchev–Trinajstić information content (AvgIpc) is 3.00. The molecule has 0 aliphatic carbocycles. The number of phenolic OH excluding ortho intramolecular Hbond substituents is 3. The van der Waals surface area contributed by atoms with E-state index in [1.807, 2.05) is 0 Å². The molecule has 44 heavy (non-hydrogen) atoms. The normalized spacial score (nSPS) is 30.7. The van der Waals surface area contributed by atoms with Gasteiger partial charge in [0, 0.05) is 24.3 Å². The van der Waals surface area contributed by atoms with E-state index < -0.39 is 74.3 Å². The van der Waals surface area contributed by atoms with Crippen molar-refractivity contribution < 1.29 is 78.8 Å². The summed E-state index contributed by atoms with van der Waals surface area (Å²) in [6.45, 7) is -1.18. The second-order valence-electron chi connectivity index (χ2n) is 10.2. The molecule has 2 aromatic carbocycles. The zero-order valence-electron chi connectivity index (χ0n) is 23.4. The van der Waals surface area contributed by atoms with E-state index in [-0.39, 0.29) is 51.0 Å². The Kier molecular flexibility index (Phi) is 9.17. The van der Waals surface area contributed by atoms with Gasteiger partial charge in [-0.3, -0.25) is 0 Å². The van der Waals surface area contributed by atoms with E-state index >= 15 is 0 Å². The van der Waals surface area contributed by atoms with Crippen LogP contribution >= 0.6 is 0 Å². The fourth-order valence-corrected chi connectivity index (χ4v) is 4.97. The molecule has 2 saturated heterocycles. The number of aliphatic hydroxyl groups is 6. The molecule has 9 N–H and O–H groups in total. The van der Waals surface area contributed by atoms with Crippen molar-refractivity contribution in [3.8, 4) is 45.8 Å². The minimum atomic E-state index is -1.80. The van der Waals surface area contributed by atoms with Crippen molar-refractivity contribution in [1.82, 2.24) is 0 Å². The number of ether oxygens (including phenoxy) is 6. The van der Waals surface area contributed by atoms with Crippen LogP contribution in [0, 0.1) is 0 Å². The number of benzene rings is 2. The van der Waals surface area contributed by atoms with Crippen molar-refractivity contribution in [2.45, 2.75) is 55.3 Å². The highest BCUT2D eigenvalue weighted by molar-refractivity contribution is 5.88. The zero-order chi connectivity index (χ0) is 31.9.